The Bertz CT molecular complexity index is 1120. The lowest BCUT2D eigenvalue weighted by Crippen LogP contribution is -1.94. The largest absolute Gasteiger partial charge is 0.478 e. The Balaban J connectivity index is 1.70. The van der Waals surface area contributed by atoms with Gasteiger partial charge in [0.25, 0.3) is 0 Å². The molecule has 26 heavy (non-hydrogen) atoms. The number of fused-ring (bicyclic) bond motifs is 1. The normalized spacial score (nSPS) is 10.6. The predicted molar refractivity (Wildman–Crippen MR) is 109 cm³/mol. The first kappa shape index (κ1) is 16.8. The zero-order valence-electron chi connectivity index (χ0n) is 13.6. The molecule has 0 aliphatic carbocycles. The van der Waals surface area contributed by atoms with Crippen molar-refractivity contribution in [2.75, 3.05) is 6.61 Å². The van der Waals surface area contributed by atoms with Gasteiger partial charge >= 0.3 is 0 Å². The van der Waals surface area contributed by atoms with Gasteiger partial charge in [-0.25, -0.2) is 4.98 Å². The molecule has 126 valence electrons. The van der Waals surface area contributed by atoms with E-state index in [-0.39, 0.29) is 6.61 Å². The molecule has 0 aliphatic heterocycles. The fourth-order valence-electron chi connectivity index (χ4n) is 2.77. The molecule has 0 radical (unpaired) electrons. The van der Waals surface area contributed by atoms with E-state index in [4.69, 9.17) is 15.0 Å². The van der Waals surface area contributed by atoms with Gasteiger partial charge in [-0.3, -0.25) is 0 Å². The first-order valence-corrected chi connectivity index (χ1v) is 9.67. The number of nitrogens with zero attached hydrogens (tertiary/aromatic N) is 2. The van der Waals surface area contributed by atoms with Crippen LogP contribution in [0.1, 0.15) is 0 Å². The molecule has 5 heteroatoms. The van der Waals surface area contributed by atoms with Crippen LogP contribution in [0.25, 0.3) is 32.6 Å². The molecule has 0 N–H and O–H groups in total. The van der Waals surface area contributed by atoms with Crippen molar-refractivity contribution in [3.63, 3.8) is 0 Å². The van der Waals surface area contributed by atoms with Crippen molar-refractivity contribution in [2.45, 2.75) is 0 Å². The topological polar surface area (TPSA) is 45.9 Å². The van der Waals surface area contributed by atoms with Crippen LogP contribution in [0.15, 0.2) is 70.5 Å². The van der Waals surface area contributed by atoms with E-state index in [1.54, 1.807) is 11.3 Å². The van der Waals surface area contributed by atoms with Crippen LogP contribution in [0.4, 0.5) is 0 Å². The van der Waals surface area contributed by atoms with E-state index in [0.717, 1.165) is 37.1 Å². The van der Waals surface area contributed by atoms with Crippen LogP contribution in [0, 0.1) is 11.3 Å². The molecule has 0 saturated heterocycles. The van der Waals surface area contributed by atoms with E-state index in [0.29, 0.717) is 5.75 Å². The molecule has 0 saturated carbocycles. The van der Waals surface area contributed by atoms with Gasteiger partial charge in [0.1, 0.15) is 16.8 Å². The van der Waals surface area contributed by atoms with Crippen molar-refractivity contribution >= 4 is 38.0 Å². The van der Waals surface area contributed by atoms with Crippen molar-refractivity contribution in [3.8, 4) is 33.6 Å². The molecule has 0 unspecified atom stereocenters. The van der Waals surface area contributed by atoms with Gasteiger partial charge in [0.15, 0.2) is 6.61 Å². The highest BCUT2D eigenvalue weighted by molar-refractivity contribution is 9.10. The molecule has 1 heterocycles. The van der Waals surface area contributed by atoms with Gasteiger partial charge in [-0.15, -0.1) is 11.3 Å². The number of aromatic nitrogens is 1. The summed E-state index contributed by atoms with van der Waals surface area (Å²) in [6.45, 7) is 0.0310. The Morgan fingerprint density at radius 2 is 1.88 bits per heavy atom. The second-order valence-corrected chi connectivity index (χ2v) is 7.32. The van der Waals surface area contributed by atoms with Gasteiger partial charge in [0, 0.05) is 16.5 Å². The summed E-state index contributed by atoms with van der Waals surface area (Å²) in [6.07, 6.45) is 0. The summed E-state index contributed by atoms with van der Waals surface area (Å²) in [7, 11) is 0. The number of rotatable bonds is 4. The zero-order valence-corrected chi connectivity index (χ0v) is 16.0. The summed E-state index contributed by atoms with van der Waals surface area (Å²) < 4.78 is 6.30. The maximum absolute atomic E-state index is 8.68. The van der Waals surface area contributed by atoms with Gasteiger partial charge in [0.05, 0.1) is 10.2 Å². The minimum absolute atomic E-state index is 0.0310. The highest BCUT2D eigenvalue weighted by Crippen LogP contribution is 2.36. The van der Waals surface area contributed by atoms with Crippen LogP contribution in [0.2, 0.25) is 0 Å². The predicted octanol–water partition coefficient (Wildman–Crippen LogP) is 6.30. The van der Waals surface area contributed by atoms with Crippen molar-refractivity contribution in [3.05, 3.63) is 70.5 Å². The Kier molecular flexibility index (Phi) is 4.70. The van der Waals surface area contributed by atoms with Gasteiger partial charge in [0.2, 0.25) is 0 Å². The molecule has 1 aromatic heterocycles. The number of halogens is 1. The number of ether oxygens (including phenoxy) is 1. The molecule has 3 aromatic carbocycles. The summed E-state index contributed by atoms with van der Waals surface area (Å²) in [5.41, 5.74) is 3.18. The fourth-order valence-corrected chi connectivity index (χ4v) is 4.22. The average Bonchev–Trinajstić information content (AvgIpc) is 3.18. The lowest BCUT2D eigenvalue weighted by atomic mass is 10.1. The van der Waals surface area contributed by atoms with Crippen LogP contribution in [-0.2, 0) is 0 Å². The molecule has 0 spiro atoms. The number of hydrogen-bond donors (Lipinski definition) is 0. The molecular formula is C21H13BrN2OS. The van der Waals surface area contributed by atoms with Crippen LogP contribution < -0.4 is 4.74 Å². The standard InChI is InChI=1S/C21H13BrN2OS/c22-20-17-8-6-16(12-15(17)7-9-19(20)25-11-10-23)18-13-26-21(24-18)14-4-2-1-3-5-14/h1-9,12-13H,11H2. The highest BCUT2D eigenvalue weighted by atomic mass is 79.9. The van der Waals surface area contributed by atoms with Crippen molar-refractivity contribution in [2.24, 2.45) is 0 Å². The van der Waals surface area contributed by atoms with E-state index in [1.807, 2.05) is 36.4 Å². The second kappa shape index (κ2) is 7.28. The Morgan fingerprint density at radius 1 is 1.04 bits per heavy atom. The Labute approximate surface area is 163 Å². The van der Waals surface area contributed by atoms with E-state index in [2.05, 4.69) is 51.6 Å². The highest BCUT2D eigenvalue weighted by Gasteiger charge is 2.10. The summed E-state index contributed by atoms with van der Waals surface area (Å²) in [5, 5.41) is 13.9. The maximum Gasteiger partial charge on any atom is 0.174 e. The van der Waals surface area contributed by atoms with E-state index in [1.165, 1.54) is 0 Å². The van der Waals surface area contributed by atoms with Gasteiger partial charge in [-0.05, 0) is 38.8 Å². The smallest absolute Gasteiger partial charge is 0.174 e. The maximum atomic E-state index is 8.68. The average molecular weight is 421 g/mol. The third kappa shape index (κ3) is 3.22. The minimum atomic E-state index is 0.0310. The third-order valence-electron chi connectivity index (χ3n) is 4.03. The van der Waals surface area contributed by atoms with Gasteiger partial charge < -0.3 is 4.74 Å². The summed E-state index contributed by atoms with van der Waals surface area (Å²) >= 11 is 5.23. The molecule has 0 amide bonds. The van der Waals surface area contributed by atoms with Gasteiger partial charge in [-0.1, -0.05) is 48.5 Å². The fraction of sp³-hybridized carbons (Fsp3) is 0.0476. The van der Waals surface area contributed by atoms with Crippen molar-refractivity contribution in [1.29, 1.82) is 5.26 Å². The lowest BCUT2D eigenvalue weighted by molar-refractivity contribution is 0.366. The summed E-state index contributed by atoms with van der Waals surface area (Å²) in [6, 6.07) is 22.3. The molecule has 0 fully saturated rings. The molecule has 0 bridgehead atoms. The molecule has 4 aromatic rings. The van der Waals surface area contributed by atoms with Crippen LogP contribution in [0.3, 0.4) is 0 Å². The van der Waals surface area contributed by atoms with Crippen LogP contribution >= 0.6 is 27.3 Å². The van der Waals surface area contributed by atoms with Crippen molar-refractivity contribution < 1.29 is 4.74 Å². The quantitative estimate of drug-likeness (QED) is 0.389. The summed E-state index contributed by atoms with van der Waals surface area (Å²) in [4.78, 5) is 4.78. The molecular weight excluding hydrogens is 408 g/mol. The zero-order chi connectivity index (χ0) is 17.9. The van der Waals surface area contributed by atoms with Crippen molar-refractivity contribution in [1.82, 2.24) is 4.98 Å². The third-order valence-corrected chi connectivity index (χ3v) is 5.74. The summed E-state index contributed by atoms with van der Waals surface area (Å²) in [5.74, 6) is 0.673. The first-order valence-electron chi connectivity index (χ1n) is 7.99. The number of hydrogen-bond acceptors (Lipinski definition) is 4. The van der Waals surface area contributed by atoms with E-state index in [9.17, 15) is 0 Å². The first-order chi connectivity index (χ1) is 12.8. The lowest BCUT2D eigenvalue weighted by Gasteiger charge is -2.09. The molecule has 3 nitrogen and oxygen atoms in total. The molecule has 0 aliphatic rings. The number of nitriles is 1. The monoisotopic (exact) mass is 420 g/mol. The van der Waals surface area contributed by atoms with Gasteiger partial charge in [-0.2, -0.15) is 5.26 Å². The van der Waals surface area contributed by atoms with Crippen LogP contribution in [-0.4, -0.2) is 11.6 Å². The minimum Gasteiger partial charge on any atom is -0.478 e. The second-order valence-electron chi connectivity index (χ2n) is 5.66. The number of benzene rings is 3. The van der Waals surface area contributed by atoms with E-state index < -0.39 is 0 Å². The SMILES string of the molecule is N#CCOc1ccc2cc(-c3csc(-c4ccccc4)n3)ccc2c1Br. The van der Waals surface area contributed by atoms with E-state index >= 15 is 0 Å². The molecule has 4 rings (SSSR count). The van der Waals surface area contributed by atoms with Crippen LogP contribution in [0.5, 0.6) is 5.75 Å². The Morgan fingerprint density at radius 3 is 2.69 bits per heavy atom. The number of thiazole rings is 1. The Hall–Kier alpha value is -2.68. The molecule has 0 atom stereocenters.